The van der Waals surface area contributed by atoms with Crippen molar-refractivity contribution in [1.82, 2.24) is 15.0 Å². The van der Waals surface area contributed by atoms with Crippen LogP contribution in [-0.4, -0.2) is 34.3 Å². The number of oxazole rings is 1. The van der Waals surface area contributed by atoms with Gasteiger partial charge in [-0.25, -0.2) is 9.97 Å². The first kappa shape index (κ1) is 16.8. The average Bonchev–Trinajstić information content (AvgIpc) is 3.02. The molecule has 1 aliphatic rings. The molecule has 2 N–H and O–H groups in total. The predicted octanol–water partition coefficient (Wildman–Crippen LogP) is 3.70. The van der Waals surface area contributed by atoms with Crippen molar-refractivity contribution in [3.05, 3.63) is 29.9 Å². The monoisotopic (exact) mass is 345 g/mol. The fourth-order valence-electron chi connectivity index (χ4n) is 2.37. The molecule has 0 radical (unpaired) electrons. The van der Waals surface area contributed by atoms with Crippen LogP contribution < -0.4 is 10.6 Å². The van der Waals surface area contributed by atoms with E-state index in [1.807, 2.05) is 24.7 Å². The molecular weight excluding hydrogens is 322 g/mol. The van der Waals surface area contributed by atoms with Gasteiger partial charge in [0, 0.05) is 30.4 Å². The van der Waals surface area contributed by atoms with Crippen LogP contribution in [0.15, 0.2) is 27.8 Å². The molecule has 0 aromatic carbocycles. The van der Waals surface area contributed by atoms with E-state index >= 15 is 0 Å². The van der Waals surface area contributed by atoms with Gasteiger partial charge in [0.2, 0.25) is 5.95 Å². The first-order valence-corrected chi connectivity index (χ1v) is 9.28. The van der Waals surface area contributed by atoms with Crippen LogP contribution in [0.5, 0.6) is 0 Å². The van der Waals surface area contributed by atoms with E-state index in [0.717, 1.165) is 42.3 Å². The molecule has 0 spiro atoms. The SMILES string of the molecule is CSc1cnc(NCC(C)(C)CNc2nc3c(o2)C=CCC3)nc1. The van der Waals surface area contributed by atoms with Crippen molar-refractivity contribution < 1.29 is 4.42 Å². The van der Waals surface area contributed by atoms with Crippen LogP contribution in [0.1, 0.15) is 31.7 Å². The first-order valence-electron chi connectivity index (χ1n) is 8.06. The molecule has 0 aliphatic heterocycles. The molecule has 0 saturated heterocycles. The Kier molecular flexibility index (Phi) is 5.08. The normalized spacial score (nSPS) is 13.6. The van der Waals surface area contributed by atoms with E-state index < -0.39 is 0 Å². The fourth-order valence-corrected chi connectivity index (χ4v) is 2.68. The lowest BCUT2D eigenvalue weighted by atomic mass is 9.93. The Bertz CT molecular complexity index is 708. The number of rotatable bonds is 7. The lowest BCUT2D eigenvalue weighted by molar-refractivity contribution is 0.410. The van der Waals surface area contributed by atoms with Gasteiger partial charge in [0.15, 0.2) is 5.76 Å². The number of thioether (sulfide) groups is 1. The average molecular weight is 345 g/mol. The minimum absolute atomic E-state index is 0.00759. The summed E-state index contributed by atoms with van der Waals surface area (Å²) in [6, 6.07) is 0.597. The van der Waals surface area contributed by atoms with E-state index in [1.54, 1.807) is 11.8 Å². The maximum absolute atomic E-state index is 5.73. The van der Waals surface area contributed by atoms with Gasteiger partial charge in [0.1, 0.15) is 0 Å². The minimum atomic E-state index is -0.00759. The number of aryl methyl sites for hydroxylation is 1. The van der Waals surface area contributed by atoms with Crippen LogP contribution in [0, 0.1) is 5.41 Å². The number of nitrogens with zero attached hydrogens (tertiary/aromatic N) is 3. The molecular formula is C17H23N5OS. The summed E-state index contributed by atoms with van der Waals surface area (Å²) in [5.74, 6) is 1.53. The smallest absolute Gasteiger partial charge is 0.295 e. The van der Waals surface area contributed by atoms with E-state index in [9.17, 15) is 0 Å². The van der Waals surface area contributed by atoms with Gasteiger partial charge in [-0.2, -0.15) is 4.98 Å². The molecule has 2 aromatic rings. The Morgan fingerprint density at radius 1 is 1.21 bits per heavy atom. The number of hydrogen-bond donors (Lipinski definition) is 2. The predicted molar refractivity (Wildman–Crippen MR) is 98.4 cm³/mol. The fraction of sp³-hybridized carbons (Fsp3) is 0.471. The van der Waals surface area contributed by atoms with E-state index in [0.29, 0.717) is 12.0 Å². The van der Waals surface area contributed by atoms with Crippen LogP contribution in [-0.2, 0) is 6.42 Å². The quantitative estimate of drug-likeness (QED) is 0.741. The number of hydrogen-bond acceptors (Lipinski definition) is 7. The van der Waals surface area contributed by atoms with Crippen LogP contribution in [0.4, 0.5) is 12.0 Å². The van der Waals surface area contributed by atoms with Gasteiger partial charge < -0.3 is 15.1 Å². The van der Waals surface area contributed by atoms with E-state index in [-0.39, 0.29) is 5.41 Å². The molecule has 7 heteroatoms. The van der Waals surface area contributed by atoms with Gasteiger partial charge in [-0.3, -0.25) is 0 Å². The molecule has 3 rings (SSSR count). The van der Waals surface area contributed by atoms with Crippen molar-refractivity contribution in [2.45, 2.75) is 31.6 Å². The summed E-state index contributed by atoms with van der Waals surface area (Å²) in [6.07, 6.45) is 11.8. The second kappa shape index (κ2) is 7.25. The highest BCUT2D eigenvalue weighted by Gasteiger charge is 2.20. The minimum Gasteiger partial charge on any atom is -0.424 e. The summed E-state index contributed by atoms with van der Waals surface area (Å²) < 4.78 is 5.73. The summed E-state index contributed by atoms with van der Waals surface area (Å²) in [4.78, 5) is 14.2. The van der Waals surface area contributed by atoms with Crippen molar-refractivity contribution in [2.24, 2.45) is 5.41 Å². The van der Waals surface area contributed by atoms with E-state index in [4.69, 9.17) is 4.42 Å². The van der Waals surface area contributed by atoms with E-state index in [1.165, 1.54) is 0 Å². The molecule has 0 fully saturated rings. The Morgan fingerprint density at radius 3 is 2.67 bits per heavy atom. The maximum Gasteiger partial charge on any atom is 0.295 e. The summed E-state index contributed by atoms with van der Waals surface area (Å²) >= 11 is 1.63. The first-order chi connectivity index (χ1) is 11.6. The van der Waals surface area contributed by atoms with Crippen LogP contribution in [0.2, 0.25) is 0 Å². The molecule has 2 heterocycles. The second-order valence-electron chi connectivity index (χ2n) is 6.59. The standard InChI is InChI=1S/C17H23N5OS/c1-17(2,10-20-15-18-8-12(24-3)9-19-15)11-21-16-22-13-6-4-5-7-14(13)23-16/h5,7-9H,4,6,10-11H2,1-3H3,(H,21,22)(H,18,19,20). The van der Waals surface area contributed by atoms with Crippen LogP contribution in [0.25, 0.3) is 6.08 Å². The summed E-state index contributed by atoms with van der Waals surface area (Å²) in [5, 5.41) is 6.59. The lowest BCUT2D eigenvalue weighted by Crippen LogP contribution is -2.31. The molecule has 2 aromatic heterocycles. The molecule has 1 aliphatic carbocycles. The molecule has 6 nitrogen and oxygen atoms in total. The number of aromatic nitrogens is 3. The third kappa shape index (κ3) is 4.29. The zero-order valence-corrected chi connectivity index (χ0v) is 15.1. The van der Waals surface area contributed by atoms with Crippen molar-refractivity contribution in [2.75, 3.05) is 30.0 Å². The molecule has 0 unspecified atom stereocenters. The van der Waals surface area contributed by atoms with Gasteiger partial charge in [-0.05, 0) is 30.6 Å². The Hall–Kier alpha value is -2.02. The van der Waals surface area contributed by atoms with Gasteiger partial charge in [0.05, 0.1) is 5.69 Å². The number of allylic oxidation sites excluding steroid dienone is 1. The second-order valence-corrected chi connectivity index (χ2v) is 7.47. The van der Waals surface area contributed by atoms with Gasteiger partial charge >= 0.3 is 0 Å². The van der Waals surface area contributed by atoms with Gasteiger partial charge in [-0.15, -0.1) is 11.8 Å². The van der Waals surface area contributed by atoms with Crippen molar-refractivity contribution in [1.29, 1.82) is 0 Å². The Balaban J connectivity index is 1.51. The highest BCUT2D eigenvalue weighted by Crippen LogP contribution is 2.24. The topological polar surface area (TPSA) is 75.9 Å². The van der Waals surface area contributed by atoms with E-state index in [2.05, 4.69) is 45.5 Å². The third-order valence-electron chi connectivity index (χ3n) is 3.85. The molecule has 0 saturated carbocycles. The number of nitrogens with one attached hydrogen (secondary N) is 2. The number of fused-ring (bicyclic) bond motifs is 1. The number of anilines is 2. The van der Waals surface area contributed by atoms with Crippen LogP contribution in [0.3, 0.4) is 0 Å². The summed E-state index contributed by atoms with van der Waals surface area (Å²) in [5.41, 5.74) is 1.03. The Morgan fingerprint density at radius 2 is 1.96 bits per heavy atom. The third-order valence-corrected chi connectivity index (χ3v) is 4.53. The Labute approximate surface area is 146 Å². The van der Waals surface area contributed by atoms with Gasteiger partial charge in [-0.1, -0.05) is 19.9 Å². The van der Waals surface area contributed by atoms with Crippen molar-refractivity contribution in [3.8, 4) is 0 Å². The summed E-state index contributed by atoms with van der Waals surface area (Å²) in [6.45, 7) is 5.84. The lowest BCUT2D eigenvalue weighted by Gasteiger charge is -2.24. The van der Waals surface area contributed by atoms with Crippen molar-refractivity contribution in [3.63, 3.8) is 0 Å². The maximum atomic E-state index is 5.73. The molecule has 0 amide bonds. The van der Waals surface area contributed by atoms with Crippen LogP contribution >= 0.6 is 11.8 Å². The molecule has 0 atom stereocenters. The zero-order valence-electron chi connectivity index (χ0n) is 14.3. The molecule has 24 heavy (non-hydrogen) atoms. The van der Waals surface area contributed by atoms with Gasteiger partial charge in [0.25, 0.3) is 6.01 Å². The highest BCUT2D eigenvalue weighted by atomic mass is 32.2. The summed E-state index contributed by atoms with van der Waals surface area (Å²) in [7, 11) is 0. The highest BCUT2D eigenvalue weighted by molar-refractivity contribution is 7.98. The molecule has 128 valence electrons. The van der Waals surface area contributed by atoms with Crippen molar-refractivity contribution >= 4 is 29.8 Å². The molecule has 0 bridgehead atoms. The largest absolute Gasteiger partial charge is 0.424 e. The zero-order chi connectivity index (χ0) is 17.0.